The lowest BCUT2D eigenvalue weighted by atomic mass is 10.0. The number of alkyl halides is 3. The van der Waals surface area contributed by atoms with Gasteiger partial charge in [-0.25, -0.2) is 8.42 Å². The van der Waals surface area contributed by atoms with E-state index in [-0.39, 0.29) is 10.8 Å². The molecule has 0 aromatic heterocycles. The van der Waals surface area contributed by atoms with Gasteiger partial charge >= 0.3 is 6.18 Å². The summed E-state index contributed by atoms with van der Waals surface area (Å²) in [6, 6.07) is 8.34. The molecule has 0 saturated carbocycles. The second-order valence-corrected chi connectivity index (χ2v) is 10.2. The number of thioether (sulfide) groups is 1. The quantitative estimate of drug-likeness (QED) is 0.553. The van der Waals surface area contributed by atoms with E-state index in [1.807, 2.05) is 37.6 Å². The van der Waals surface area contributed by atoms with Crippen molar-refractivity contribution in [3.05, 3.63) is 58.7 Å². The molecular weight excluding hydrogens is 419 g/mol. The highest BCUT2D eigenvalue weighted by atomic mass is 32.2. The predicted molar refractivity (Wildman–Crippen MR) is 112 cm³/mol. The topological polar surface area (TPSA) is 46.2 Å². The molecular formula is C21H26F3NO2S2. The molecule has 2 aromatic carbocycles. The van der Waals surface area contributed by atoms with Crippen LogP contribution in [0.3, 0.4) is 0 Å². The van der Waals surface area contributed by atoms with Crippen LogP contribution in [-0.4, -0.2) is 26.4 Å². The summed E-state index contributed by atoms with van der Waals surface area (Å²) in [5.41, 5.74) is 2.64. The summed E-state index contributed by atoms with van der Waals surface area (Å²) in [4.78, 5) is 0.628. The third-order valence-corrected chi connectivity index (χ3v) is 7.47. The van der Waals surface area contributed by atoms with Gasteiger partial charge in [0.1, 0.15) is 6.04 Å². The summed E-state index contributed by atoms with van der Waals surface area (Å²) in [5.74, 6) is -0.297. The highest BCUT2D eigenvalue weighted by molar-refractivity contribution is 7.99. The van der Waals surface area contributed by atoms with E-state index in [0.717, 1.165) is 27.8 Å². The summed E-state index contributed by atoms with van der Waals surface area (Å²) in [7, 11) is -4.33. The van der Waals surface area contributed by atoms with Crippen LogP contribution in [0.15, 0.2) is 46.2 Å². The fraction of sp³-hybridized carbons (Fsp3) is 0.429. The Bertz CT molecular complexity index is 947. The summed E-state index contributed by atoms with van der Waals surface area (Å²) < 4.78 is 68.5. The van der Waals surface area contributed by atoms with Crippen LogP contribution in [-0.2, 0) is 10.0 Å². The molecule has 0 aliphatic carbocycles. The molecule has 0 aliphatic heterocycles. The van der Waals surface area contributed by atoms with Crippen LogP contribution in [0, 0.1) is 20.8 Å². The van der Waals surface area contributed by atoms with Gasteiger partial charge in [-0.15, -0.1) is 11.8 Å². The first kappa shape index (κ1) is 23.8. The zero-order chi connectivity index (χ0) is 22.0. The first-order chi connectivity index (χ1) is 13.3. The SMILES string of the molecule is Cc1cc(C)c(S(=O)(=O)NC(CSc2ccccc2C(C)C)C(F)(F)F)c(C)c1. The maximum Gasteiger partial charge on any atom is 0.405 e. The minimum absolute atomic E-state index is 0.0927. The molecule has 1 N–H and O–H groups in total. The maximum absolute atomic E-state index is 13.7. The molecule has 1 atom stereocenters. The second kappa shape index (κ2) is 9.10. The maximum atomic E-state index is 13.7. The van der Waals surface area contributed by atoms with E-state index in [4.69, 9.17) is 0 Å². The molecule has 2 aromatic rings. The van der Waals surface area contributed by atoms with Crippen molar-refractivity contribution in [3.8, 4) is 0 Å². The van der Waals surface area contributed by atoms with Crippen LogP contribution >= 0.6 is 11.8 Å². The van der Waals surface area contributed by atoms with Crippen molar-refractivity contribution in [1.82, 2.24) is 4.72 Å². The monoisotopic (exact) mass is 445 g/mol. The van der Waals surface area contributed by atoms with E-state index in [0.29, 0.717) is 11.1 Å². The van der Waals surface area contributed by atoms with Crippen molar-refractivity contribution in [1.29, 1.82) is 0 Å². The lowest BCUT2D eigenvalue weighted by Crippen LogP contribution is -2.47. The zero-order valence-corrected chi connectivity index (χ0v) is 18.7. The molecule has 29 heavy (non-hydrogen) atoms. The minimum atomic E-state index is -4.71. The number of aryl methyl sites for hydroxylation is 3. The van der Waals surface area contributed by atoms with Gasteiger partial charge in [0.15, 0.2) is 0 Å². The van der Waals surface area contributed by atoms with Crippen LogP contribution in [0.1, 0.15) is 42.0 Å². The Morgan fingerprint density at radius 1 is 1.03 bits per heavy atom. The lowest BCUT2D eigenvalue weighted by Gasteiger charge is -2.23. The van der Waals surface area contributed by atoms with Gasteiger partial charge in [0.05, 0.1) is 4.90 Å². The number of benzene rings is 2. The van der Waals surface area contributed by atoms with Gasteiger partial charge in [0.2, 0.25) is 10.0 Å². The normalized spacial score (nSPS) is 13.7. The van der Waals surface area contributed by atoms with Crippen molar-refractivity contribution in [2.75, 3.05) is 5.75 Å². The van der Waals surface area contributed by atoms with Crippen molar-refractivity contribution >= 4 is 21.8 Å². The molecule has 2 rings (SSSR count). The first-order valence-electron chi connectivity index (χ1n) is 9.21. The van der Waals surface area contributed by atoms with E-state index < -0.39 is 28.0 Å². The summed E-state index contributed by atoms with van der Waals surface area (Å²) >= 11 is 1.01. The van der Waals surface area contributed by atoms with Gasteiger partial charge in [0, 0.05) is 10.6 Å². The van der Waals surface area contributed by atoms with Gasteiger partial charge in [-0.2, -0.15) is 17.9 Å². The van der Waals surface area contributed by atoms with Crippen LogP contribution < -0.4 is 4.72 Å². The third kappa shape index (κ3) is 5.99. The summed E-state index contributed by atoms with van der Waals surface area (Å²) in [6.07, 6.45) is -4.71. The third-order valence-electron chi connectivity index (χ3n) is 4.51. The fourth-order valence-corrected chi connectivity index (χ4v) is 6.34. The van der Waals surface area contributed by atoms with Crippen molar-refractivity contribution < 1.29 is 21.6 Å². The average Bonchev–Trinajstić information content (AvgIpc) is 2.56. The number of rotatable bonds is 7. The van der Waals surface area contributed by atoms with Crippen molar-refractivity contribution in [2.24, 2.45) is 0 Å². The summed E-state index contributed by atoms with van der Waals surface area (Å²) in [5, 5.41) is 0. The molecule has 0 aliphatic rings. The van der Waals surface area contributed by atoms with E-state index >= 15 is 0 Å². The molecule has 3 nitrogen and oxygen atoms in total. The standard InChI is InChI=1S/C21H26F3NO2S2/c1-13(2)17-8-6-7-9-18(17)28-12-19(21(22,23)24)25-29(26,27)20-15(4)10-14(3)11-16(20)5/h6-11,13,19,25H,12H2,1-5H3. The van der Waals surface area contributed by atoms with Gasteiger partial charge < -0.3 is 0 Å². The van der Waals surface area contributed by atoms with Crippen LogP contribution in [0.2, 0.25) is 0 Å². The first-order valence-corrected chi connectivity index (χ1v) is 11.7. The molecule has 1 unspecified atom stereocenters. The second-order valence-electron chi connectivity index (χ2n) is 7.45. The average molecular weight is 446 g/mol. The largest absolute Gasteiger partial charge is 0.405 e. The molecule has 0 fully saturated rings. The van der Waals surface area contributed by atoms with E-state index in [2.05, 4.69) is 0 Å². The number of hydrogen-bond acceptors (Lipinski definition) is 3. The highest BCUT2D eigenvalue weighted by Gasteiger charge is 2.42. The van der Waals surface area contributed by atoms with Gasteiger partial charge in [-0.3, -0.25) is 0 Å². The predicted octanol–water partition coefficient (Wildman–Crippen LogP) is 5.74. The zero-order valence-electron chi connectivity index (χ0n) is 17.1. The Morgan fingerprint density at radius 3 is 2.10 bits per heavy atom. The summed E-state index contributed by atoms with van der Waals surface area (Å²) in [6.45, 7) is 8.92. The van der Waals surface area contributed by atoms with E-state index in [1.165, 1.54) is 0 Å². The molecule has 0 heterocycles. The Kier molecular flexibility index (Phi) is 7.46. The Hall–Kier alpha value is -1.51. The minimum Gasteiger partial charge on any atom is -0.207 e. The Morgan fingerprint density at radius 2 is 1.59 bits per heavy atom. The fourth-order valence-electron chi connectivity index (χ4n) is 3.29. The molecule has 0 amide bonds. The van der Waals surface area contributed by atoms with Crippen molar-refractivity contribution in [2.45, 2.75) is 62.5 Å². The van der Waals surface area contributed by atoms with Crippen molar-refractivity contribution in [3.63, 3.8) is 0 Å². The van der Waals surface area contributed by atoms with Gasteiger partial charge in [-0.05, 0) is 49.4 Å². The molecule has 8 heteroatoms. The number of nitrogens with one attached hydrogen (secondary N) is 1. The molecule has 0 bridgehead atoms. The van der Waals surface area contributed by atoms with Crippen LogP contribution in [0.25, 0.3) is 0 Å². The Labute approximate surface area is 175 Å². The molecule has 0 radical (unpaired) electrons. The van der Waals surface area contributed by atoms with E-state index in [1.54, 1.807) is 38.1 Å². The number of sulfonamides is 1. The lowest BCUT2D eigenvalue weighted by molar-refractivity contribution is -0.145. The van der Waals surface area contributed by atoms with E-state index in [9.17, 15) is 21.6 Å². The number of hydrogen-bond donors (Lipinski definition) is 1. The molecule has 0 saturated heterocycles. The highest BCUT2D eigenvalue weighted by Crippen LogP contribution is 2.33. The smallest absolute Gasteiger partial charge is 0.207 e. The Balaban J connectivity index is 2.31. The van der Waals surface area contributed by atoms with Crippen LogP contribution in [0.5, 0.6) is 0 Å². The molecule has 0 spiro atoms. The van der Waals surface area contributed by atoms with Gasteiger partial charge in [-0.1, -0.05) is 49.7 Å². The van der Waals surface area contributed by atoms with Crippen LogP contribution in [0.4, 0.5) is 13.2 Å². The molecule has 160 valence electrons. The number of halogens is 3. The van der Waals surface area contributed by atoms with Gasteiger partial charge in [0.25, 0.3) is 0 Å².